The van der Waals surface area contributed by atoms with Crippen LogP contribution < -0.4 is 10.6 Å². The minimum absolute atomic E-state index is 0.00450. The molecule has 0 aliphatic carbocycles. The Morgan fingerprint density at radius 3 is 2.17 bits per heavy atom. The lowest BCUT2D eigenvalue weighted by Gasteiger charge is -2.40. The second-order valence-electron chi connectivity index (χ2n) is 12.9. The number of nitrogens with one attached hydrogen (secondary N) is 2. The topological polar surface area (TPSA) is 90.8 Å². The number of hydrogen-bond donors (Lipinski definition) is 4. The molecule has 0 aliphatic heterocycles. The fourth-order valence-electron chi connectivity index (χ4n) is 4.40. The van der Waals surface area contributed by atoms with E-state index in [9.17, 15) is 15.0 Å². The highest BCUT2D eigenvalue weighted by atomic mass is 35.5. The number of benzene rings is 3. The highest BCUT2D eigenvalue weighted by Crippen LogP contribution is 2.40. The molecule has 0 saturated carbocycles. The van der Waals surface area contributed by atoms with E-state index in [2.05, 4.69) is 58.3 Å². The van der Waals surface area contributed by atoms with Crippen molar-refractivity contribution in [1.29, 1.82) is 0 Å². The number of halogens is 1. The fraction of sp³-hybridized carbons (Fsp3) is 0.424. The van der Waals surface area contributed by atoms with Gasteiger partial charge in [-0.2, -0.15) is 0 Å². The van der Waals surface area contributed by atoms with E-state index in [4.69, 9.17) is 16.0 Å². The molecule has 0 bridgehead atoms. The molecule has 3 aromatic carbocycles. The standard InChI is InChI=1S/C33H45ClN2O4Si/c1-32(2,3)41(6,7)40-30(26-18-28(37)20-29(38)19-26)22-36-33(4,5)21-24-9-8-10-25(17-24)31(39)35-16-15-23-11-13-27(34)14-12-23/h8-14,17-20,30,36-38H,15-16,21-22H2,1-7H3,(H,35,39). The largest absolute Gasteiger partial charge is 0.508 e. The monoisotopic (exact) mass is 596 g/mol. The SMILES string of the molecule is CC(C)(Cc1cccc(C(=O)NCCc2ccc(Cl)cc2)c1)NCC(O[Si](C)(C)C(C)(C)C)c1cc(O)cc(O)c1. The summed E-state index contributed by atoms with van der Waals surface area (Å²) in [6.45, 7) is 16.2. The Labute approximate surface area is 251 Å². The lowest BCUT2D eigenvalue weighted by Crippen LogP contribution is -2.47. The third kappa shape index (κ3) is 9.89. The number of carbonyl (C=O) groups excluding carboxylic acids is 1. The van der Waals surface area contributed by atoms with E-state index in [-0.39, 0.29) is 34.1 Å². The Hall–Kier alpha value is -2.84. The van der Waals surface area contributed by atoms with Crippen molar-refractivity contribution in [2.75, 3.05) is 13.1 Å². The molecule has 0 heterocycles. The van der Waals surface area contributed by atoms with Crippen LogP contribution in [-0.4, -0.2) is 43.1 Å². The summed E-state index contributed by atoms with van der Waals surface area (Å²) in [5.74, 6) is -0.0872. The van der Waals surface area contributed by atoms with Crippen molar-refractivity contribution in [3.05, 3.63) is 94.0 Å². The summed E-state index contributed by atoms with van der Waals surface area (Å²) in [4.78, 5) is 12.8. The lowest BCUT2D eigenvalue weighted by molar-refractivity contribution is 0.0954. The van der Waals surface area contributed by atoms with Gasteiger partial charge in [-0.3, -0.25) is 4.79 Å². The van der Waals surface area contributed by atoms with E-state index in [1.165, 1.54) is 6.07 Å². The molecule has 8 heteroatoms. The van der Waals surface area contributed by atoms with Gasteiger partial charge in [-0.05, 0) is 97.9 Å². The summed E-state index contributed by atoms with van der Waals surface area (Å²) < 4.78 is 6.76. The van der Waals surface area contributed by atoms with E-state index in [0.717, 1.165) is 23.1 Å². The van der Waals surface area contributed by atoms with Crippen molar-refractivity contribution in [3.63, 3.8) is 0 Å². The highest BCUT2D eigenvalue weighted by Gasteiger charge is 2.40. The second kappa shape index (κ2) is 13.4. The minimum Gasteiger partial charge on any atom is -0.508 e. The van der Waals surface area contributed by atoms with Gasteiger partial charge in [0.1, 0.15) is 11.5 Å². The van der Waals surface area contributed by atoms with Crippen LogP contribution in [0.2, 0.25) is 23.2 Å². The quantitative estimate of drug-likeness (QED) is 0.164. The predicted octanol–water partition coefficient (Wildman–Crippen LogP) is 7.40. The molecule has 0 radical (unpaired) electrons. The Morgan fingerprint density at radius 2 is 1.56 bits per heavy atom. The smallest absolute Gasteiger partial charge is 0.251 e. The van der Waals surface area contributed by atoms with Gasteiger partial charge in [-0.25, -0.2) is 0 Å². The van der Waals surface area contributed by atoms with Crippen LogP contribution in [-0.2, 0) is 17.3 Å². The van der Waals surface area contributed by atoms with E-state index in [1.54, 1.807) is 12.1 Å². The van der Waals surface area contributed by atoms with Crippen LogP contribution in [0.15, 0.2) is 66.7 Å². The van der Waals surface area contributed by atoms with Gasteiger partial charge >= 0.3 is 0 Å². The maximum atomic E-state index is 12.8. The lowest BCUT2D eigenvalue weighted by atomic mass is 9.93. The van der Waals surface area contributed by atoms with Crippen LogP contribution in [0.1, 0.15) is 67.8 Å². The highest BCUT2D eigenvalue weighted by molar-refractivity contribution is 6.74. The van der Waals surface area contributed by atoms with Gasteiger partial charge in [0.15, 0.2) is 8.32 Å². The molecule has 1 amide bonds. The molecule has 0 aromatic heterocycles. The first kappa shape index (κ1) is 32.7. The molecule has 0 aliphatic rings. The third-order valence-electron chi connectivity index (χ3n) is 7.75. The minimum atomic E-state index is -2.17. The fourth-order valence-corrected chi connectivity index (χ4v) is 5.81. The molecule has 0 fully saturated rings. The molecule has 6 nitrogen and oxygen atoms in total. The van der Waals surface area contributed by atoms with Crippen molar-refractivity contribution >= 4 is 25.8 Å². The summed E-state index contributed by atoms with van der Waals surface area (Å²) in [5, 5.41) is 27.7. The normalized spacial score (nSPS) is 13.2. The molecule has 3 rings (SSSR count). The van der Waals surface area contributed by atoms with Crippen LogP contribution in [0.4, 0.5) is 0 Å². The first-order chi connectivity index (χ1) is 19.0. The Kier molecular flexibility index (Phi) is 10.7. The zero-order valence-corrected chi connectivity index (χ0v) is 27.1. The summed E-state index contributed by atoms with van der Waals surface area (Å²) in [6.07, 6.45) is 1.07. The molecule has 4 N–H and O–H groups in total. The first-order valence-corrected chi connectivity index (χ1v) is 17.4. The van der Waals surface area contributed by atoms with Crippen LogP contribution in [0.25, 0.3) is 0 Å². The average molecular weight is 597 g/mol. The number of phenols is 2. The number of aromatic hydroxyl groups is 2. The number of phenolic OH excluding ortho intramolecular Hbond substituents is 2. The summed E-state index contributed by atoms with van der Waals surface area (Å²) in [5.41, 5.74) is 3.20. The molecule has 3 aromatic rings. The second-order valence-corrected chi connectivity index (χ2v) is 18.1. The summed E-state index contributed by atoms with van der Waals surface area (Å²) in [6, 6.07) is 20.0. The van der Waals surface area contributed by atoms with Gasteiger partial charge in [-0.15, -0.1) is 0 Å². The zero-order chi connectivity index (χ0) is 30.4. The van der Waals surface area contributed by atoms with Crippen molar-refractivity contribution in [3.8, 4) is 11.5 Å². The van der Waals surface area contributed by atoms with Gasteiger partial charge in [-0.1, -0.05) is 56.6 Å². The number of rotatable bonds is 12. The van der Waals surface area contributed by atoms with Crippen molar-refractivity contribution in [1.82, 2.24) is 10.6 Å². The maximum absolute atomic E-state index is 12.8. The Bertz CT molecular complexity index is 1300. The van der Waals surface area contributed by atoms with Crippen molar-refractivity contribution in [2.24, 2.45) is 0 Å². The number of carbonyl (C=O) groups is 1. The maximum Gasteiger partial charge on any atom is 0.251 e. The third-order valence-corrected chi connectivity index (χ3v) is 12.5. The predicted molar refractivity (Wildman–Crippen MR) is 171 cm³/mol. The van der Waals surface area contributed by atoms with E-state index < -0.39 is 8.32 Å². The van der Waals surface area contributed by atoms with Crippen molar-refractivity contribution in [2.45, 2.75) is 77.2 Å². The van der Waals surface area contributed by atoms with Crippen LogP contribution in [0, 0.1) is 0 Å². The molecule has 1 atom stereocenters. The summed E-state index contributed by atoms with van der Waals surface area (Å²) >= 11 is 5.96. The van der Waals surface area contributed by atoms with Crippen molar-refractivity contribution < 1.29 is 19.4 Å². The summed E-state index contributed by atoms with van der Waals surface area (Å²) in [7, 11) is -2.17. The average Bonchev–Trinajstić information content (AvgIpc) is 2.86. The molecular formula is C33H45ClN2O4Si. The van der Waals surface area contributed by atoms with Crippen LogP contribution in [0.3, 0.4) is 0 Å². The number of amides is 1. The zero-order valence-electron chi connectivity index (χ0n) is 25.3. The molecule has 41 heavy (non-hydrogen) atoms. The van der Waals surface area contributed by atoms with Crippen LogP contribution >= 0.6 is 11.6 Å². The molecule has 0 saturated heterocycles. The van der Waals surface area contributed by atoms with Crippen LogP contribution in [0.5, 0.6) is 11.5 Å². The van der Waals surface area contributed by atoms with Gasteiger partial charge in [0.2, 0.25) is 0 Å². The Morgan fingerprint density at radius 1 is 0.927 bits per heavy atom. The van der Waals surface area contributed by atoms with E-state index in [1.807, 2.05) is 48.5 Å². The first-order valence-electron chi connectivity index (χ1n) is 14.1. The molecular weight excluding hydrogens is 552 g/mol. The van der Waals surface area contributed by atoms with E-state index >= 15 is 0 Å². The molecule has 0 spiro atoms. The van der Waals surface area contributed by atoms with Gasteiger partial charge in [0.25, 0.3) is 5.91 Å². The molecule has 222 valence electrons. The van der Waals surface area contributed by atoms with Gasteiger partial charge < -0.3 is 25.3 Å². The van der Waals surface area contributed by atoms with E-state index in [0.29, 0.717) is 30.1 Å². The van der Waals surface area contributed by atoms with Gasteiger partial charge in [0.05, 0.1) is 6.10 Å². The molecule has 1 unspecified atom stereocenters. The van der Waals surface area contributed by atoms with Gasteiger partial charge in [0, 0.05) is 35.3 Å². The Balaban J connectivity index is 1.66. The number of hydrogen-bond acceptors (Lipinski definition) is 5.